The van der Waals surface area contributed by atoms with Crippen LogP contribution in [0.1, 0.15) is 104 Å². The second kappa shape index (κ2) is 15.1. The maximum atomic E-state index is 11.7. The molecule has 0 bridgehead atoms. The fourth-order valence-electron chi connectivity index (χ4n) is 7.39. The summed E-state index contributed by atoms with van der Waals surface area (Å²) >= 11 is 0. The number of furan rings is 2. The van der Waals surface area contributed by atoms with Gasteiger partial charge in [0.1, 0.15) is 11.2 Å². The van der Waals surface area contributed by atoms with Crippen LogP contribution in [0.4, 0.5) is 0 Å². The standard InChI is InChI=1S/C31H24NO2.C13H24O2.Ir/c1-17(2)18-12-15-26-22(16-18)28-29(33-26)27-21(9-7-10-23(27)31(28,3)4)24-14-13-20-19-8-5-6-11-25(19)34-30(20)32-24;1-5-10(6-2)12(14)9-13(15)11(7-3)8-4;/h5-8,10-17H,1-4H3;9-11,14H,5-8H2,1-4H3;/q-1;;/b;12-9-;. The van der Waals surface area contributed by atoms with Gasteiger partial charge in [-0.1, -0.05) is 97.4 Å². The number of ketones is 1. The Kier molecular flexibility index (Phi) is 11.2. The number of rotatable bonds is 9. The molecule has 0 saturated carbocycles. The number of carbonyl (C=O) groups is 1. The van der Waals surface area contributed by atoms with E-state index in [1.54, 1.807) is 0 Å². The summed E-state index contributed by atoms with van der Waals surface area (Å²) in [6, 6.07) is 26.5. The van der Waals surface area contributed by atoms with Crippen molar-refractivity contribution in [2.45, 2.75) is 92.4 Å². The van der Waals surface area contributed by atoms with E-state index in [-0.39, 0.29) is 48.9 Å². The number of pyridine rings is 1. The van der Waals surface area contributed by atoms with E-state index in [1.807, 2.05) is 52.0 Å². The van der Waals surface area contributed by atoms with Crippen molar-refractivity contribution < 1.29 is 38.8 Å². The van der Waals surface area contributed by atoms with E-state index in [2.05, 4.69) is 76.2 Å². The van der Waals surface area contributed by atoms with Gasteiger partial charge in [0.25, 0.3) is 0 Å². The quantitative estimate of drug-likeness (QED) is 0.0891. The number of para-hydroxylation sites is 1. The van der Waals surface area contributed by atoms with Gasteiger partial charge in [-0.2, -0.15) is 0 Å². The molecule has 0 fully saturated rings. The monoisotopic (exact) mass is 847 g/mol. The molecule has 0 unspecified atom stereocenters. The number of hydrogen-bond acceptors (Lipinski definition) is 5. The van der Waals surface area contributed by atoms with Crippen LogP contribution in [0.25, 0.3) is 55.6 Å². The van der Waals surface area contributed by atoms with E-state index in [9.17, 15) is 9.90 Å². The average Bonchev–Trinajstić information content (AvgIpc) is 3.73. The van der Waals surface area contributed by atoms with Crippen LogP contribution in [0.2, 0.25) is 0 Å². The van der Waals surface area contributed by atoms with Crippen LogP contribution in [-0.2, 0) is 30.3 Å². The number of aromatic nitrogens is 1. The third-order valence-electron chi connectivity index (χ3n) is 10.5. The van der Waals surface area contributed by atoms with Gasteiger partial charge in [-0.15, -0.1) is 29.3 Å². The normalized spacial score (nSPS) is 13.5. The topological polar surface area (TPSA) is 76.5 Å². The Morgan fingerprint density at radius 1 is 0.860 bits per heavy atom. The predicted octanol–water partition coefficient (Wildman–Crippen LogP) is 12.5. The zero-order valence-corrected chi connectivity index (χ0v) is 32.8. The van der Waals surface area contributed by atoms with Crippen molar-refractivity contribution in [3.8, 4) is 22.6 Å². The number of allylic oxidation sites excluding steroid dienone is 2. The molecule has 0 aliphatic heterocycles. The average molecular weight is 847 g/mol. The summed E-state index contributed by atoms with van der Waals surface area (Å²) in [7, 11) is 0. The van der Waals surface area contributed by atoms with E-state index >= 15 is 0 Å². The maximum absolute atomic E-state index is 11.7. The van der Waals surface area contributed by atoms with Gasteiger partial charge in [0.2, 0.25) is 5.71 Å². The minimum atomic E-state index is -0.182. The number of hydrogen-bond donors (Lipinski definition) is 1. The van der Waals surface area contributed by atoms with Gasteiger partial charge in [-0.05, 0) is 61.1 Å². The molecule has 1 aliphatic rings. The number of aliphatic hydroxyl groups excluding tert-OH is 1. The first-order valence-corrected chi connectivity index (χ1v) is 17.9. The minimum Gasteiger partial charge on any atom is -0.512 e. The van der Waals surface area contributed by atoms with Gasteiger partial charge in [0.05, 0.1) is 11.5 Å². The number of benzene rings is 3. The molecule has 0 amide bonds. The third-order valence-corrected chi connectivity index (χ3v) is 10.5. The fourth-order valence-corrected chi connectivity index (χ4v) is 7.39. The Bertz CT molecular complexity index is 2180. The molecule has 7 rings (SSSR count). The van der Waals surface area contributed by atoms with Gasteiger partial charge >= 0.3 is 0 Å². The molecule has 6 aromatic rings. The molecule has 0 atom stereocenters. The Labute approximate surface area is 309 Å². The number of carbonyl (C=O) groups excluding carboxylic acids is 1. The van der Waals surface area contributed by atoms with Gasteiger partial charge in [0, 0.05) is 65.2 Å². The summed E-state index contributed by atoms with van der Waals surface area (Å²) in [4.78, 5) is 16.6. The van der Waals surface area contributed by atoms with E-state index in [4.69, 9.17) is 13.8 Å². The predicted molar refractivity (Wildman–Crippen MR) is 201 cm³/mol. The van der Waals surface area contributed by atoms with Crippen LogP contribution >= 0.6 is 0 Å². The molecular formula is C44H48IrNO4-. The van der Waals surface area contributed by atoms with Crippen LogP contribution in [0, 0.1) is 17.9 Å². The first-order valence-electron chi connectivity index (χ1n) is 17.9. The second-order valence-corrected chi connectivity index (χ2v) is 14.1. The SMILES string of the molecule is CC(C)c1ccc2oc3c(c2c1)C(C)(C)c1cc[c-]c(-c2ccc4c(n2)oc2ccccc24)c1-3.CCC(CC)C(=O)/C=C(\O)C(CC)CC.[Ir]. The Balaban J connectivity index is 0.000000261. The summed E-state index contributed by atoms with van der Waals surface area (Å²) in [5.41, 5.74) is 8.97. The van der Waals surface area contributed by atoms with Gasteiger partial charge in [0.15, 0.2) is 5.78 Å². The summed E-state index contributed by atoms with van der Waals surface area (Å²) in [6.07, 6.45) is 4.91. The largest absolute Gasteiger partial charge is 0.512 e. The van der Waals surface area contributed by atoms with Crippen molar-refractivity contribution in [1.82, 2.24) is 4.98 Å². The number of fused-ring (bicyclic) bond motifs is 8. The molecule has 3 aromatic heterocycles. The molecule has 5 nitrogen and oxygen atoms in total. The molecule has 1 radical (unpaired) electrons. The molecule has 0 saturated heterocycles. The van der Waals surface area contributed by atoms with Crippen molar-refractivity contribution >= 4 is 38.8 Å². The Morgan fingerprint density at radius 3 is 2.22 bits per heavy atom. The van der Waals surface area contributed by atoms with Crippen LogP contribution < -0.4 is 0 Å². The zero-order chi connectivity index (χ0) is 35.0. The van der Waals surface area contributed by atoms with Crippen molar-refractivity contribution in [3.63, 3.8) is 0 Å². The molecular weight excluding hydrogens is 799 g/mol. The Hall–Kier alpha value is -3.99. The second-order valence-electron chi connectivity index (χ2n) is 14.1. The van der Waals surface area contributed by atoms with Crippen LogP contribution in [0.5, 0.6) is 0 Å². The summed E-state index contributed by atoms with van der Waals surface area (Å²) in [5.74, 6) is 1.95. The van der Waals surface area contributed by atoms with Gasteiger partial charge in [-0.3, -0.25) is 9.78 Å². The molecule has 6 heteroatoms. The van der Waals surface area contributed by atoms with Gasteiger partial charge < -0.3 is 13.9 Å². The van der Waals surface area contributed by atoms with Crippen molar-refractivity contribution in [3.05, 3.63) is 101 Å². The Morgan fingerprint density at radius 2 is 1.54 bits per heavy atom. The fraction of sp³-hybridized carbons (Fsp3) is 0.364. The van der Waals surface area contributed by atoms with Crippen LogP contribution in [-0.4, -0.2) is 15.9 Å². The molecule has 0 spiro atoms. The first kappa shape index (κ1) is 37.3. The number of aliphatic hydroxyl groups is 1. The molecule has 3 heterocycles. The zero-order valence-electron chi connectivity index (χ0n) is 30.4. The first-order chi connectivity index (χ1) is 23.5. The molecule has 1 aliphatic carbocycles. The molecule has 3 aromatic carbocycles. The summed E-state index contributed by atoms with van der Waals surface area (Å²) in [6.45, 7) is 17.1. The van der Waals surface area contributed by atoms with E-state index in [1.165, 1.54) is 28.2 Å². The summed E-state index contributed by atoms with van der Waals surface area (Å²) < 4.78 is 12.6. The van der Waals surface area contributed by atoms with Crippen LogP contribution in [0.3, 0.4) is 0 Å². The van der Waals surface area contributed by atoms with E-state index in [0.717, 1.165) is 70.2 Å². The molecule has 263 valence electrons. The van der Waals surface area contributed by atoms with Crippen LogP contribution in [0.15, 0.2) is 87.4 Å². The minimum absolute atomic E-state index is 0. The molecule has 1 N–H and O–H groups in total. The van der Waals surface area contributed by atoms with Crippen molar-refractivity contribution in [2.75, 3.05) is 0 Å². The van der Waals surface area contributed by atoms with Gasteiger partial charge in [-0.25, -0.2) is 0 Å². The molecule has 50 heavy (non-hydrogen) atoms. The summed E-state index contributed by atoms with van der Waals surface area (Å²) in [5, 5.41) is 13.1. The smallest absolute Gasteiger partial charge is 0.218 e. The van der Waals surface area contributed by atoms with Crippen molar-refractivity contribution in [2.24, 2.45) is 11.8 Å². The number of nitrogens with zero attached hydrogens (tertiary/aromatic N) is 1. The van der Waals surface area contributed by atoms with E-state index < -0.39 is 0 Å². The van der Waals surface area contributed by atoms with Crippen molar-refractivity contribution in [1.29, 1.82) is 0 Å². The maximum Gasteiger partial charge on any atom is 0.218 e. The van der Waals surface area contributed by atoms with E-state index in [0.29, 0.717) is 11.6 Å². The third kappa shape index (κ3) is 6.61.